The summed E-state index contributed by atoms with van der Waals surface area (Å²) in [5.74, 6) is -1.62. The van der Waals surface area contributed by atoms with Crippen LogP contribution in [0, 0.1) is 11.6 Å². The third-order valence-corrected chi connectivity index (χ3v) is 6.83. The van der Waals surface area contributed by atoms with Gasteiger partial charge in [-0.05, 0) is 61.7 Å². The number of hydrogen-bond donors (Lipinski definition) is 4. The highest BCUT2D eigenvalue weighted by molar-refractivity contribution is 5.99. The van der Waals surface area contributed by atoms with E-state index in [-0.39, 0.29) is 18.0 Å². The largest absolute Gasteiger partial charge is 0.397 e. The second-order valence-corrected chi connectivity index (χ2v) is 9.19. The van der Waals surface area contributed by atoms with Crippen LogP contribution in [-0.4, -0.2) is 47.7 Å². The maximum absolute atomic E-state index is 13.4. The predicted octanol–water partition coefficient (Wildman–Crippen LogP) is 2.74. The first-order chi connectivity index (χ1) is 16.3. The van der Waals surface area contributed by atoms with Crippen molar-refractivity contribution in [3.63, 3.8) is 0 Å². The van der Waals surface area contributed by atoms with Crippen LogP contribution in [0.2, 0.25) is 0 Å². The number of aliphatic hydroxyl groups excluding tert-OH is 1. The van der Waals surface area contributed by atoms with E-state index in [1.54, 1.807) is 6.07 Å². The normalized spacial score (nSPS) is 22.1. The number of nitrogen functional groups attached to an aromatic ring is 1. The summed E-state index contributed by atoms with van der Waals surface area (Å²) in [7, 11) is 0. The number of carbonyl (C=O) groups is 2. The Labute approximate surface area is 197 Å². The van der Waals surface area contributed by atoms with E-state index in [2.05, 4.69) is 10.6 Å². The molecule has 2 aromatic carbocycles. The summed E-state index contributed by atoms with van der Waals surface area (Å²) in [6, 6.07) is 8.85. The molecule has 2 aliphatic rings. The Morgan fingerprint density at radius 1 is 1.03 bits per heavy atom. The van der Waals surface area contributed by atoms with E-state index in [0.717, 1.165) is 19.3 Å². The van der Waals surface area contributed by atoms with Gasteiger partial charge in [0.25, 0.3) is 5.91 Å². The van der Waals surface area contributed by atoms with Crippen LogP contribution in [0.3, 0.4) is 0 Å². The third-order valence-electron chi connectivity index (χ3n) is 6.83. The van der Waals surface area contributed by atoms with Crippen molar-refractivity contribution in [3.05, 3.63) is 59.7 Å². The number of β-amino-alcohol motifs (C(OH)–C–C–N with tert-alkyl or cyclic N) is 1. The topological polar surface area (TPSA) is 108 Å². The van der Waals surface area contributed by atoms with E-state index in [0.29, 0.717) is 37.2 Å². The highest BCUT2D eigenvalue weighted by Gasteiger charge is 2.43. The molecule has 2 aromatic rings. The van der Waals surface area contributed by atoms with Crippen molar-refractivity contribution in [1.82, 2.24) is 10.6 Å². The Bertz CT molecular complexity index is 1040. The van der Waals surface area contributed by atoms with Gasteiger partial charge in [-0.2, -0.15) is 0 Å². The molecular weight excluding hydrogens is 442 g/mol. The van der Waals surface area contributed by atoms with Gasteiger partial charge in [0.1, 0.15) is 17.2 Å². The van der Waals surface area contributed by atoms with Crippen molar-refractivity contribution in [3.8, 4) is 0 Å². The Morgan fingerprint density at radius 3 is 2.35 bits per heavy atom. The van der Waals surface area contributed by atoms with Crippen molar-refractivity contribution in [1.29, 1.82) is 0 Å². The molecule has 1 saturated carbocycles. The Kier molecular flexibility index (Phi) is 7.02. The van der Waals surface area contributed by atoms with E-state index in [9.17, 15) is 23.5 Å². The van der Waals surface area contributed by atoms with Gasteiger partial charge in [-0.15, -0.1) is 0 Å². The number of nitrogens with zero attached hydrogens (tertiary/aromatic N) is 1. The molecule has 1 heterocycles. The van der Waals surface area contributed by atoms with Gasteiger partial charge in [0.05, 0.1) is 23.5 Å². The number of aliphatic hydroxyl groups is 1. The molecule has 4 rings (SSSR count). The summed E-state index contributed by atoms with van der Waals surface area (Å²) >= 11 is 0. The van der Waals surface area contributed by atoms with Gasteiger partial charge in [0, 0.05) is 18.7 Å². The second kappa shape index (κ2) is 9.97. The summed E-state index contributed by atoms with van der Waals surface area (Å²) < 4.78 is 26.6. The lowest BCUT2D eigenvalue weighted by Gasteiger charge is -2.41. The van der Waals surface area contributed by atoms with Crippen LogP contribution in [0.5, 0.6) is 0 Å². The summed E-state index contributed by atoms with van der Waals surface area (Å²) in [4.78, 5) is 28.1. The zero-order valence-corrected chi connectivity index (χ0v) is 18.9. The molecule has 9 heteroatoms. The minimum atomic E-state index is -1.08. The Morgan fingerprint density at radius 2 is 1.71 bits per heavy atom. The fraction of sp³-hybridized carbons (Fsp3) is 0.440. The fourth-order valence-electron chi connectivity index (χ4n) is 4.89. The molecule has 0 radical (unpaired) electrons. The number of halogens is 2. The number of hydrogen-bond acceptors (Lipinski definition) is 5. The van der Waals surface area contributed by atoms with Crippen molar-refractivity contribution in [2.24, 2.45) is 0 Å². The van der Waals surface area contributed by atoms with E-state index < -0.39 is 35.2 Å². The van der Waals surface area contributed by atoms with Crippen LogP contribution in [0.4, 0.5) is 20.2 Å². The lowest BCUT2D eigenvalue weighted by molar-refractivity contribution is -0.130. The van der Waals surface area contributed by atoms with E-state index in [1.807, 2.05) is 4.90 Å². The average Bonchev–Trinajstić information content (AvgIpc) is 2.81. The van der Waals surface area contributed by atoms with Gasteiger partial charge in [0.15, 0.2) is 0 Å². The zero-order chi connectivity index (χ0) is 24.3. The van der Waals surface area contributed by atoms with Gasteiger partial charge >= 0.3 is 0 Å². The minimum Gasteiger partial charge on any atom is -0.397 e. The van der Waals surface area contributed by atoms with Crippen molar-refractivity contribution in [2.75, 3.05) is 23.7 Å². The van der Waals surface area contributed by atoms with E-state index >= 15 is 0 Å². The lowest BCUT2D eigenvalue weighted by atomic mass is 9.80. The molecule has 182 valence electrons. The van der Waals surface area contributed by atoms with Crippen LogP contribution < -0.4 is 21.3 Å². The molecule has 1 aliphatic heterocycles. The number of benzene rings is 2. The zero-order valence-electron chi connectivity index (χ0n) is 18.9. The standard InChI is InChI=1S/C25H30F2N4O3/c26-17-6-4-16(5-7-17)23(33)30-25(11-2-1-3-12-25)24(34)29-20-10-13-31(15-22(20)32)21-9-8-18(27)14-19(21)28/h4-9,14,20,22,32H,1-3,10-13,15,28H2,(H,29,34)(H,30,33). The quantitative estimate of drug-likeness (QED) is 0.501. The summed E-state index contributed by atoms with van der Waals surface area (Å²) in [5, 5.41) is 16.6. The van der Waals surface area contributed by atoms with E-state index in [4.69, 9.17) is 5.73 Å². The molecule has 2 amide bonds. The molecule has 0 bridgehead atoms. The first-order valence-electron chi connectivity index (χ1n) is 11.6. The number of amides is 2. The highest BCUT2D eigenvalue weighted by atomic mass is 19.1. The first-order valence-corrected chi connectivity index (χ1v) is 11.6. The Balaban J connectivity index is 1.43. The molecular formula is C25H30F2N4O3. The number of piperidine rings is 1. The smallest absolute Gasteiger partial charge is 0.252 e. The molecule has 0 spiro atoms. The van der Waals surface area contributed by atoms with Crippen molar-refractivity contribution >= 4 is 23.2 Å². The molecule has 2 unspecified atom stereocenters. The molecule has 0 aromatic heterocycles. The van der Waals surface area contributed by atoms with Gasteiger partial charge in [-0.25, -0.2) is 8.78 Å². The number of nitrogens with one attached hydrogen (secondary N) is 2. The number of carbonyl (C=O) groups excluding carboxylic acids is 2. The van der Waals surface area contributed by atoms with Crippen LogP contribution in [0.1, 0.15) is 48.9 Å². The monoisotopic (exact) mass is 472 g/mol. The van der Waals surface area contributed by atoms with Crippen LogP contribution in [0.15, 0.2) is 42.5 Å². The molecule has 1 saturated heterocycles. The molecule has 2 atom stereocenters. The number of anilines is 2. The lowest BCUT2D eigenvalue weighted by Crippen LogP contribution is -2.64. The van der Waals surface area contributed by atoms with E-state index in [1.165, 1.54) is 36.4 Å². The predicted molar refractivity (Wildman–Crippen MR) is 125 cm³/mol. The molecule has 7 nitrogen and oxygen atoms in total. The molecule has 5 N–H and O–H groups in total. The maximum atomic E-state index is 13.4. The second-order valence-electron chi connectivity index (χ2n) is 9.19. The van der Waals surface area contributed by atoms with Crippen molar-refractivity contribution < 1.29 is 23.5 Å². The van der Waals surface area contributed by atoms with Crippen LogP contribution in [0.25, 0.3) is 0 Å². The van der Waals surface area contributed by atoms with Crippen LogP contribution >= 0.6 is 0 Å². The van der Waals surface area contributed by atoms with Crippen molar-refractivity contribution in [2.45, 2.75) is 56.2 Å². The van der Waals surface area contributed by atoms with Crippen LogP contribution in [-0.2, 0) is 4.79 Å². The summed E-state index contributed by atoms with van der Waals surface area (Å²) in [6.07, 6.45) is 3.15. The van der Waals surface area contributed by atoms with Gasteiger partial charge < -0.3 is 26.4 Å². The summed E-state index contributed by atoms with van der Waals surface area (Å²) in [6.45, 7) is 0.752. The van der Waals surface area contributed by atoms with Gasteiger partial charge in [0.2, 0.25) is 5.91 Å². The summed E-state index contributed by atoms with van der Waals surface area (Å²) in [5.41, 5.74) is 6.07. The SMILES string of the molecule is Nc1cc(F)ccc1N1CCC(NC(=O)C2(NC(=O)c3ccc(F)cc3)CCCCC2)C(O)C1. The minimum absolute atomic E-state index is 0.232. The molecule has 34 heavy (non-hydrogen) atoms. The fourth-order valence-corrected chi connectivity index (χ4v) is 4.89. The first kappa shape index (κ1) is 23.9. The highest BCUT2D eigenvalue weighted by Crippen LogP contribution is 2.31. The number of rotatable bonds is 5. The average molecular weight is 473 g/mol. The Hall–Kier alpha value is -3.20. The van der Waals surface area contributed by atoms with Gasteiger partial charge in [-0.3, -0.25) is 9.59 Å². The molecule has 2 fully saturated rings. The number of nitrogens with two attached hydrogens (primary N) is 1. The maximum Gasteiger partial charge on any atom is 0.252 e. The third kappa shape index (κ3) is 5.14. The van der Waals surface area contributed by atoms with Gasteiger partial charge in [-0.1, -0.05) is 19.3 Å². The molecule has 1 aliphatic carbocycles.